The lowest BCUT2D eigenvalue weighted by Crippen LogP contribution is -2.42. The summed E-state index contributed by atoms with van der Waals surface area (Å²) in [6, 6.07) is 6.57. The van der Waals surface area contributed by atoms with Gasteiger partial charge in [-0.05, 0) is 42.4 Å². The van der Waals surface area contributed by atoms with Crippen LogP contribution >= 0.6 is 0 Å². The Kier molecular flexibility index (Phi) is 6.93. The number of ketones is 1. The van der Waals surface area contributed by atoms with Crippen LogP contribution in [0.3, 0.4) is 0 Å². The molecule has 3 aliphatic rings. The number of hydrogen-bond acceptors (Lipinski definition) is 6. The van der Waals surface area contributed by atoms with Crippen molar-refractivity contribution in [2.45, 2.75) is 33.1 Å². The number of rotatable bonds is 4. The number of carbonyl (C=O) groups excluding carboxylic acids is 3. The van der Waals surface area contributed by atoms with E-state index in [1.54, 1.807) is 0 Å². The highest BCUT2D eigenvalue weighted by Gasteiger charge is 2.65. The summed E-state index contributed by atoms with van der Waals surface area (Å²) in [5.74, 6) is -14.1. The van der Waals surface area contributed by atoms with Gasteiger partial charge in [-0.2, -0.15) is 17.2 Å². The lowest BCUT2D eigenvalue weighted by atomic mass is 9.70. The number of hydrogen-bond donors (Lipinski definition) is 2. The first kappa shape index (κ1) is 29.6. The Morgan fingerprint density at radius 2 is 1.48 bits per heavy atom. The summed E-state index contributed by atoms with van der Waals surface area (Å²) in [5.41, 5.74) is -0.916. The molecule has 8 nitrogen and oxygen atoms in total. The van der Waals surface area contributed by atoms with E-state index >= 15 is 0 Å². The summed E-state index contributed by atoms with van der Waals surface area (Å²) in [7, 11) is -4.08. The van der Waals surface area contributed by atoms with Gasteiger partial charge in [0.1, 0.15) is 11.5 Å². The minimum Gasteiger partial charge on any atom is -0.450 e. The van der Waals surface area contributed by atoms with E-state index < -0.39 is 67.9 Å². The van der Waals surface area contributed by atoms with Crippen LogP contribution in [0.1, 0.15) is 53.8 Å². The van der Waals surface area contributed by atoms with Crippen molar-refractivity contribution >= 4 is 38.5 Å². The van der Waals surface area contributed by atoms with Gasteiger partial charge in [0.05, 0.1) is 11.2 Å². The molecule has 2 saturated carbocycles. The van der Waals surface area contributed by atoms with Crippen molar-refractivity contribution in [3.8, 4) is 11.5 Å². The van der Waals surface area contributed by atoms with Crippen molar-refractivity contribution in [1.29, 1.82) is 0 Å². The van der Waals surface area contributed by atoms with Crippen molar-refractivity contribution in [2.24, 2.45) is 16.7 Å². The third kappa shape index (κ3) is 4.44. The lowest BCUT2D eigenvalue weighted by Gasteiger charge is -2.35. The summed E-state index contributed by atoms with van der Waals surface area (Å²) in [4.78, 5) is 35.8. The number of amides is 2. The van der Waals surface area contributed by atoms with Gasteiger partial charge in [-0.3, -0.25) is 24.3 Å². The smallest absolute Gasteiger partial charge is 0.265 e. The van der Waals surface area contributed by atoms with Crippen LogP contribution in [0.4, 0.5) is 22.0 Å². The number of imide groups is 1. The van der Waals surface area contributed by atoms with Gasteiger partial charge < -0.3 is 4.74 Å². The van der Waals surface area contributed by atoms with Crippen LogP contribution in [0.15, 0.2) is 30.3 Å². The maximum absolute atomic E-state index is 13.9. The zero-order chi connectivity index (χ0) is 30.9. The maximum atomic E-state index is 13.9. The van der Waals surface area contributed by atoms with Crippen molar-refractivity contribution in [3.63, 3.8) is 0 Å². The van der Waals surface area contributed by atoms with Gasteiger partial charge >= 0.3 is 0 Å². The molecule has 14 heteroatoms. The van der Waals surface area contributed by atoms with Crippen LogP contribution in [-0.2, 0) is 14.9 Å². The Bertz CT molecular complexity index is 1780. The molecular weight excluding hydrogens is 589 g/mol. The molecule has 2 amide bonds. The maximum Gasteiger partial charge on any atom is 0.265 e. The zero-order valence-electron chi connectivity index (χ0n) is 22.0. The minimum absolute atomic E-state index is 0.0152. The summed E-state index contributed by atoms with van der Waals surface area (Å²) >= 11 is 0. The first-order valence-electron chi connectivity index (χ1n) is 12.6. The number of ether oxygens (including phenoxy) is 1. The molecule has 1 heterocycles. The van der Waals surface area contributed by atoms with E-state index in [2.05, 4.69) is 5.32 Å². The lowest BCUT2D eigenvalue weighted by molar-refractivity contribution is -0.128. The molecule has 1 aliphatic heterocycles. The molecule has 42 heavy (non-hydrogen) atoms. The van der Waals surface area contributed by atoms with Crippen LogP contribution in [0.2, 0.25) is 0 Å². The monoisotopic (exact) mass is 611 g/mol. The van der Waals surface area contributed by atoms with Crippen molar-refractivity contribution in [3.05, 3.63) is 70.5 Å². The highest BCUT2D eigenvalue weighted by molar-refractivity contribution is 7.85. The van der Waals surface area contributed by atoms with Crippen LogP contribution < -0.4 is 10.1 Å². The minimum atomic E-state index is -4.08. The van der Waals surface area contributed by atoms with Crippen LogP contribution in [-0.4, -0.2) is 36.3 Å². The summed E-state index contributed by atoms with van der Waals surface area (Å²) in [5, 5.41) is 2.36. The van der Waals surface area contributed by atoms with Gasteiger partial charge in [0.15, 0.2) is 0 Å². The molecule has 2 fully saturated rings. The topological polar surface area (TPSA) is 127 Å². The van der Waals surface area contributed by atoms with E-state index in [0.29, 0.717) is 12.8 Å². The standard InChI is InChI=1S/C18H6F5NO3.C10H16O4S/c19-11-12(20)14(22)16(15(23)13(11)21)27-9-5-4-8-10-6(9)2-1-3-7(10)17(25)24-18(8)26;1-9(2)7-3-4-10(9,8(11)5-7)6-15(12,13)14/h1-5H,(H,24,25,26);7H,3-6H2,1-2H3,(H,12,13,14). The fraction of sp³-hybridized carbons (Fsp3) is 0.321. The molecule has 3 aromatic rings. The average molecular weight is 612 g/mol. The molecule has 0 aromatic heterocycles. The number of carbonyl (C=O) groups is 3. The Labute approximate surface area is 235 Å². The fourth-order valence-electron chi connectivity index (χ4n) is 6.29. The molecule has 2 N–H and O–H groups in total. The summed E-state index contributed by atoms with van der Waals surface area (Å²) in [6.07, 6.45) is 1.97. The first-order valence-corrected chi connectivity index (χ1v) is 14.2. The number of benzene rings is 3. The number of fused-ring (bicyclic) bond motifs is 2. The Morgan fingerprint density at radius 3 is 2.00 bits per heavy atom. The normalized spacial score (nSPS) is 22.2. The van der Waals surface area contributed by atoms with E-state index in [-0.39, 0.29) is 44.8 Å². The Balaban J connectivity index is 0.000000199. The van der Waals surface area contributed by atoms with E-state index in [1.165, 1.54) is 24.3 Å². The predicted octanol–water partition coefficient (Wildman–Crippen LogP) is 5.48. The van der Waals surface area contributed by atoms with Crippen molar-refractivity contribution in [1.82, 2.24) is 5.32 Å². The van der Waals surface area contributed by atoms with Gasteiger partial charge in [-0.25, -0.2) is 13.2 Å². The van der Waals surface area contributed by atoms with Gasteiger partial charge in [0, 0.05) is 28.3 Å². The van der Waals surface area contributed by atoms with E-state index in [1.807, 2.05) is 13.8 Å². The van der Waals surface area contributed by atoms with Gasteiger partial charge in [-0.15, -0.1) is 0 Å². The highest BCUT2D eigenvalue weighted by atomic mass is 32.2. The van der Waals surface area contributed by atoms with Crippen LogP contribution in [0, 0.1) is 45.8 Å². The van der Waals surface area contributed by atoms with Crippen LogP contribution in [0.25, 0.3) is 10.8 Å². The number of halogens is 5. The van der Waals surface area contributed by atoms with Crippen molar-refractivity contribution in [2.75, 3.05) is 5.75 Å². The second-order valence-corrected chi connectivity index (χ2v) is 12.5. The molecule has 2 aliphatic carbocycles. The number of Topliss-reactive ketones (excluding diaryl/α,β-unsaturated/α-hetero) is 1. The average Bonchev–Trinajstić information content (AvgIpc) is 3.26. The molecule has 2 bridgehead atoms. The molecule has 0 spiro atoms. The van der Waals surface area contributed by atoms with Crippen LogP contribution in [0.5, 0.6) is 11.5 Å². The molecule has 0 radical (unpaired) electrons. The zero-order valence-corrected chi connectivity index (χ0v) is 22.8. The molecule has 2 unspecified atom stereocenters. The predicted molar refractivity (Wildman–Crippen MR) is 137 cm³/mol. The largest absolute Gasteiger partial charge is 0.450 e. The summed E-state index contributed by atoms with van der Waals surface area (Å²) < 4.78 is 104. The first-order chi connectivity index (χ1) is 19.5. The summed E-state index contributed by atoms with van der Waals surface area (Å²) in [6.45, 7) is 3.89. The van der Waals surface area contributed by atoms with E-state index in [0.717, 1.165) is 12.5 Å². The fourth-order valence-corrected chi connectivity index (χ4v) is 7.59. The van der Waals surface area contributed by atoms with Crippen molar-refractivity contribution < 1.29 is 54.0 Å². The number of nitrogens with one attached hydrogen (secondary N) is 1. The molecular formula is C28H22F5NO7S. The third-order valence-electron chi connectivity index (χ3n) is 8.67. The second-order valence-electron chi connectivity index (χ2n) is 11.0. The van der Waals surface area contributed by atoms with E-state index in [9.17, 15) is 44.8 Å². The van der Waals surface area contributed by atoms with Gasteiger partial charge in [0.2, 0.25) is 34.8 Å². The molecule has 222 valence electrons. The third-order valence-corrected chi connectivity index (χ3v) is 9.52. The molecule has 3 aromatic carbocycles. The quantitative estimate of drug-likeness (QED) is 0.132. The molecule has 2 atom stereocenters. The Morgan fingerprint density at radius 1 is 0.905 bits per heavy atom. The van der Waals surface area contributed by atoms with Gasteiger partial charge in [0.25, 0.3) is 21.9 Å². The second kappa shape index (κ2) is 9.83. The highest BCUT2D eigenvalue weighted by Crippen LogP contribution is 2.64. The SMILES string of the molecule is CC1(C)C2CCC1(CS(=O)(=O)O)C(=O)C2.O=C1NC(=O)c2ccc(Oc3c(F)c(F)c(F)c(F)c3F)c3cccc1c23. The Hall–Kier alpha value is -3.91. The van der Waals surface area contributed by atoms with Gasteiger partial charge in [-0.1, -0.05) is 26.0 Å². The van der Waals surface area contributed by atoms with E-state index in [4.69, 9.17) is 9.29 Å². The molecule has 6 rings (SSSR count). The molecule has 0 saturated heterocycles.